The largest absolute Gasteiger partial charge is 0.545 e. The number of furan rings is 1. The highest BCUT2D eigenvalue weighted by molar-refractivity contribution is 5.87. The highest BCUT2D eigenvalue weighted by atomic mass is 16.4. The summed E-state index contributed by atoms with van der Waals surface area (Å²) in [7, 11) is 0. The summed E-state index contributed by atoms with van der Waals surface area (Å²) in [6, 6.07) is 11.2. The SMILES string of the molecule is O=C([O-])c1cccc(-c2ccc(C[NH2+]C3CCCC3)o2)c1. The number of carboxylic acids is 1. The summed E-state index contributed by atoms with van der Waals surface area (Å²) in [6.45, 7) is 0.838. The third kappa shape index (κ3) is 3.34. The third-order valence-corrected chi connectivity index (χ3v) is 4.10. The number of benzene rings is 1. The molecule has 4 nitrogen and oxygen atoms in total. The Kier molecular flexibility index (Phi) is 4.06. The molecule has 1 aliphatic rings. The lowest BCUT2D eigenvalue weighted by Gasteiger charge is -2.06. The van der Waals surface area contributed by atoms with Crippen molar-refractivity contribution in [2.24, 2.45) is 0 Å². The molecular formula is C17H19NO3. The number of nitrogens with two attached hydrogens (primary N) is 1. The van der Waals surface area contributed by atoms with Crippen LogP contribution in [0.4, 0.5) is 0 Å². The number of hydrogen-bond donors (Lipinski definition) is 1. The van der Waals surface area contributed by atoms with E-state index in [0.29, 0.717) is 5.76 Å². The van der Waals surface area contributed by atoms with E-state index in [-0.39, 0.29) is 5.56 Å². The van der Waals surface area contributed by atoms with Crippen molar-refractivity contribution in [3.8, 4) is 11.3 Å². The van der Waals surface area contributed by atoms with Gasteiger partial charge < -0.3 is 19.6 Å². The molecule has 1 fully saturated rings. The molecule has 1 saturated carbocycles. The van der Waals surface area contributed by atoms with E-state index in [0.717, 1.165) is 23.9 Å². The number of carbonyl (C=O) groups is 1. The Morgan fingerprint density at radius 1 is 1.24 bits per heavy atom. The first-order valence-corrected chi connectivity index (χ1v) is 7.46. The summed E-state index contributed by atoms with van der Waals surface area (Å²) >= 11 is 0. The number of hydrogen-bond acceptors (Lipinski definition) is 3. The van der Waals surface area contributed by atoms with Crippen LogP contribution in [0.15, 0.2) is 40.8 Å². The molecule has 0 aliphatic heterocycles. The second kappa shape index (κ2) is 6.14. The van der Waals surface area contributed by atoms with E-state index in [9.17, 15) is 9.90 Å². The second-order valence-electron chi connectivity index (χ2n) is 5.62. The zero-order chi connectivity index (χ0) is 14.7. The Morgan fingerprint density at radius 2 is 2.05 bits per heavy atom. The van der Waals surface area contributed by atoms with Crippen LogP contribution < -0.4 is 10.4 Å². The summed E-state index contributed by atoms with van der Waals surface area (Å²) < 4.78 is 5.82. The molecule has 4 heteroatoms. The van der Waals surface area contributed by atoms with E-state index < -0.39 is 5.97 Å². The summed E-state index contributed by atoms with van der Waals surface area (Å²) in [5.74, 6) is 0.460. The van der Waals surface area contributed by atoms with Crippen LogP contribution in [0.3, 0.4) is 0 Å². The minimum absolute atomic E-state index is 0.169. The first kappa shape index (κ1) is 13.9. The van der Waals surface area contributed by atoms with Gasteiger partial charge in [-0.05, 0) is 49.4 Å². The van der Waals surface area contributed by atoms with Gasteiger partial charge in [0.25, 0.3) is 0 Å². The number of rotatable bonds is 5. The van der Waals surface area contributed by atoms with Crippen molar-refractivity contribution in [3.05, 3.63) is 47.7 Å². The van der Waals surface area contributed by atoms with Crippen LogP contribution in [0.5, 0.6) is 0 Å². The first-order valence-electron chi connectivity index (χ1n) is 7.46. The van der Waals surface area contributed by atoms with Gasteiger partial charge in [0, 0.05) is 5.56 Å². The van der Waals surface area contributed by atoms with Crippen LogP contribution in [-0.2, 0) is 6.54 Å². The lowest BCUT2D eigenvalue weighted by atomic mass is 10.1. The van der Waals surface area contributed by atoms with Gasteiger partial charge >= 0.3 is 0 Å². The van der Waals surface area contributed by atoms with Crippen molar-refractivity contribution >= 4 is 5.97 Å². The minimum Gasteiger partial charge on any atom is -0.545 e. The molecule has 2 aromatic rings. The van der Waals surface area contributed by atoms with Gasteiger partial charge in [-0.1, -0.05) is 18.2 Å². The molecular weight excluding hydrogens is 266 g/mol. The standard InChI is InChI=1S/C17H19NO3/c19-17(20)13-5-3-4-12(10-13)16-9-8-15(21-16)11-18-14-6-1-2-7-14/h3-5,8-10,14,18H,1-2,6-7,11H2,(H,19,20). The zero-order valence-electron chi connectivity index (χ0n) is 11.9. The van der Waals surface area contributed by atoms with Gasteiger partial charge in [0.15, 0.2) is 5.76 Å². The van der Waals surface area contributed by atoms with Crippen LogP contribution in [0.25, 0.3) is 11.3 Å². The molecule has 3 rings (SSSR count). The Balaban J connectivity index is 1.69. The van der Waals surface area contributed by atoms with Crippen molar-refractivity contribution in [1.29, 1.82) is 0 Å². The minimum atomic E-state index is -1.17. The van der Waals surface area contributed by atoms with Gasteiger partial charge in [0.05, 0.1) is 12.0 Å². The van der Waals surface area contributed by atoms with Crippen LogP contribution in [0.2, 0.25) is 0 Å². The van der Waals surface area contributed by atoms with E-state index in [1.165, 1.54) is 31.7 Å². The van der Waals surface area contributed by atoms with E-state index in [4.69, 9.17) is 4.42 Å². The smallest absolute Gasteiger partial charge is 0.158 e. The van der Waals surface area contributed by atoms with Gasteiger partial charge in [-0.15, -0.1) is 0 Å². The predicted octanol–water partition coefficient (Wildman–Crippen LogP) is 1.32. The molecule has 21 heavy (non-hydrogen) atoms. The van der Waals surface area contributed by atoms with Gasteiger partial charge in [0.1, 0.15) is 12.3 Å². The Hall–Kier alpha value is -2.07. The predicted molar refractivity (Wildman–Crippen MR) is 76.4 cm³/mol. The molecule has 0 spiro atoms. The van der Waals surface area contributed by atoms with E-state index in [1.807, 2.05) is 18.2 Å². The number of carboxylic acid groups (broad SMARTS) is 1. The fourth-order valence-corrected chi connectivity index (χ4v) is 2.92. The molecule has 1 aliphatic carbocycles. The highest BCUT2D eigenvalue weighted by Crippen LogP contribution is 2.23. The summed E-state index contributed by atoms with van der Waals surface area (Å²) in [4.78, 5) is 10.9. The molecule has 0 radical (unpaired) electrons. The summed E-state index contributed by atoms with van der Waals surface area (Å²) in [5, 5.41) is 13.2. The Bertz CT molecular complexity index is 626. The van der Waals surface area contributed by atoms with Crippen molar-refractivity contribution < 1.29 is 19.6 Å². The van der Waals surface area contributed by atoms with Gasteiger partial charge in [-0.25, -0.2) is 0 Å². The molecule has 1 aromatic carbocycles. The molecule has 0 atom stereocenters. The molecule has 0 saturated heterocycles. The third-order valence-electron chi connectivity index (χ3n) is 4.10. The maximum atomic E-state index is 10.9. The number of quaternary nitrogens is 1. The van der Waals surface area contributed by atoms with Crippen LogP contribution in [0.1, 0.15) is 41.8 Å². The second-order valence-corrected chi connectivity index (χ2v) is 5.62. The van der Waals surface area contributed by atoms with E-state index >= 15 is 0 Å². The Labute approximate surface area is 123 Å². The highest BCUT2D eigenvalue weighted by Gasteiger charge is 2.18. The molecule has 1 heterocycles. The number of carbonyl (C=O) groups excluding carboxylic acids is 1. The monoisotopic (exact) mass is 285 g/mol. The quantitative estimate of drug-likeness (QED) is 0.900. The van der Waals surface area contributed by atoms with Gasteiger partial charge in [0.2, 0.25) is 0 Å². The van der Waals surface area contributed by atoms with E-state index in [1.54, 1.807) is 12.1 Å². The van der Waals surface area contributed by atoms with Crippen LogP contribution >= 0.6 is 0 Å². The van der Waals surface area contributed by atoms with Crippen LogP contribution in [-0.4, -0.2) is 12.0 Å². The van der Waals surface area contributed by atoms with Crippen molar-refractivity contribution in [1.82, 2.24) is 0 Å². The van der Waals surface area contributed by atoms with Crippen molar-refractivity contribution in [2.45, 2.75) is 38.3 Å². The Morgan fingerprint density at radius 3 is 2.81 bits per heavy atom. The van der Waals surface area contributed by atoms with Gasteiger partial charge in [-0.3, -0.25) is 0 Å². The molecule has 110 valence electrons. The molecule has 1 aromatic heterocycles. The summed E-state index contributed by atoms with van der Waals surface area (Å²) in [5.41, 5.74) is 0.937. The van der Waals surface area contributed by atoms with Crippen LogP contribution in [0, 0.1) is 0 Å². The lowest BCUT2D eigenvalue weighted by Crippen LogP contribution is -2.87. The topological polar surface area (TPSA) is 69.9 Å². The van der Waals surface area contributed by atoms with Crippen molar-refractivity contribution in [3.63, 3.8) is 0 Å². The van der Waals surface area contributed by atoms with Gasteiger partial charge in [-0.2, -0.15) is 0 Å². The van der Waals surface area contributed by atoms with E-state index in [2.05, 4.69) is 5.32 Å². The molecule has 0 unspecified atom stereocenters. The lowest BCUT2D eigenvalue weighted by molar-refractivity contribution is -0.704. The first-order chi connectivity index (χ1) is 10.2. The average molecular weight is 285 g/mol. The normalized spacial score (nSPS) is 15.4. The fraction of sp³-hybridized carbons (Fsp3) is 0.353. The zero-order valence-corrected chi connectivity index (χ0v) is 11.9. The summed E-state index contributed by atoms with van der Waals surface area (Å²) in [6.07, 6.45) is 5.25. The molecule has 0 bridgehead atoms. The molecule has 2 N–H and O–H groups in total. The van der Waals surface area contributed by atoms with Crippen molar-refractivity contribution in [2.75, 3.05) is 0 Å². The maximum Gasteiger partial charge on any atom is 0.158 e. The fourth-order valence-electron chi connectivity index (χ4n) is 2.92. The number of aromatic carboxylic acids is 1. The maximum absolute atomic E-state index is 10.9. The molecule has 0 amide bonds. The average Bonchev–Trinajstić information content (AvgIpc) is 3.17.